The van der Waals surface area contributed by atoms with Gasteiger partial charge in [0.05, 0.1) is 0 Å². The van der Waals surface area contributed by atoms with Gasteiger partial charge in [-0.05, 0) is 69.8 Å². The molecule has 1 aromatic rings. The summed E-state index contributed by atoms with van der Waals surface area (Å²) in [4.78, 5) is 18.4. The number of nitrogens with two attached hydrogens (primary N) is 1. The minimum atomic E-state index is 0.137. The Morgan fingerprint density at radius 1 is 1.39 bits per heavy atom. The number of likely N-dealkylation sites (tertiary alicyclic amines) is 1. The maximum atomic E-state index is 11.6. The standard InChI is InChI=1S/C18H30N4O/c1-22-11-5-7-17(22)16-12-15(13-20-14-16)6-4-10-21-18(23)8-2-3-9-19/h12-14,17H,2-11,19H2,1H3,(H,21,23)/t17-/m0/s1. The van der Waals surface area contributed by atoms with E-state index in [-0.39, 0.29) is 5.91 Å². The van der Waals surface area contributed by atoms with Gasteiger partial charge in [0.25, 0.3) is 0 Å². The molecule has 3 N–H and O–H groups in total. The summed E-state index contributed by atoms with van der Waals surface area (Å²) < 4.78 is 0. The van der Waals surface area contributed by atoms with Crippen LogP contribution in [0.25, 0.3) is 0 Å². The first-order valence-electron chi connectivity index (χ1n) is 8.81. The maximum Gasteiger partial charge on any atom is 0.219 e. The molecular weight excluding hydrogens is 288 g/mol. The van der Waals surface area contributed by atoms with Crippen molar-refractivity contribution in [2.45, 2.75) is 51.0 Å². The van der Waals surface area contributed by atoms with E-state index in [2.05, 4.69) is 28.3 Å². The van der Waals surface area contributed by atoms with E-state index in [4.69, 9.17) is 5.73 Å². The van der Waals surface area contributed by atoms with Crippen molar-refractivity contribution in [2.24, 2.45) is 5.73 Å². The van der Waals surface area contributed by atoms with Crippen molar-refractivity contribution in [2.75, 3.05) is 26.7 Å². The summed E-state index contributed by atoms with van der Waals surface area (Å²) in [6.45, 7) is 2.56. The lowest BCUT2D eigenvalue weighted by molar-refractivity contribution is -0.121. The van der Waals surface area contributed by atoms with Crippen LogP contribution in [0.4, 0.5) is 0 Å². The van der Waals surface area contributed by atoms with Crippen molar-refractivity contribution < 1.29 is 4.79 Å². The molecule has 2 rings (SSSR count). The molecule has 0 unspecified atom stereocenters. The number of unbranched alkanes of at least 4 members (excludes halogenated alkanes) is 1. The fourth-order valence-corrected chi connectivity index (χ4v) is 3.20. The van der Waals surface area contributed by atoms with E-state index >= 15 is 0 Å². The number of hydrogen-bond donors (Lipinski definition) is 2. The molecule has 5 heteroatoms. The third-order valence-electron chi connectivity index (χ3n) is 4.54. The Bertz CT molecular complexity index is 492. The fourth-order valence-electron chi connectivity index (χ4n) is 3.20. The highest BCUT2D eigenvalue weighted by Gasteiger charge is 2.22. The first kappa shape index (κ1) is 17.9. The molecule has 0 aromatic carbocycles. The molecule has 1 aromatic heterocycles. The smallest absolute Gasteiger partial charge is 0.219 e. The number of aromatic nitrogens is 1. The van der Waals surface area contributed by atoms with Crippen LogP contribution in [-0.2, 0) is 11.2 Å². The largest absolute Gasteiger partial charge is 0.356 e. The van der Waals surface area contributed by atoms with Gasteiger partial charge in [0.2, 0.25) is 5.91 Å². The number of aryl methyl sites for hydroxylation is 1. The van der Waals surface area contributed by atoms with E-state index in [0.29, 0.717) is 19.0 Å². The summed E-state index contributed by atoms with van der Waals surface area (Å²) in [7, 11) is 2.19. The third kappa shape index (κ3) is 5.92. The predicted octanol–water partition coefficient (Wildman–Crippen LogP) is 2.03. The third-order valence-corrected chi connectivity index (χ3v) is 4.54. The van der Waals surface area contributed by atoms with E-state index in [0.717, 1.165) is 32.2 Å². The molecule has 0 saturated carbocycles. The van der Waals surface area contributed by atoms with Gasteiger partial charge in [0, 0.05) is 31.4 Å². The van der Waals surface area contributed by atoms with Gasteiger partial charge in [0.15, 0.2) is 0 Å². The minimum Gasteiger partial charge on any atom is -0.356 e. The number of rotatable bonds is 9. The van der Waals surface area contributed by atoms with Crippen molar-refractivity contribution in [3.8, 4) is 0 Å². The number of hydrogen-bond acceptors (Lipinski definition) is 4. The summed E-state index contributed by atoms with van der Waals surface area (Å²) in [5.41, 5.74) is 8.02. The number of carbonyl (C=O) groups is 1. The molecule has 0 aliphatic carbocycles. The molecule has 2 heterocycles. The first-order valence-corrected chi connectivity index (χ1v) is 8.81. The highest BCUT2D eigenvalue weighted by atomic mass is 16.1. The van der Waals surface area contributed by atoms with E-state index in [1.54, 1.807) is 0 Å². The minimum absolute atomic E-state index is 0.137. The second-order valence-corrected chi connectivity index (χ2v) is 6.46. The molecule has 0 spiro atoms. The molecule has 1 aliphatic heterocycles. The summed E-state index contributed by atoms with van der Waals surface area (Å²) >= 11 is 0. The van der Waals surface area contributed by atoms with Crippen LogP contribution in [-0.4, -0.2) is 42.5 Å². The zero-order chi connectivity index (χ0) is 16.5. The summed E-state index contributed by atoms with van der Waals surface area (Å²) in [5, 5.41) is 2.98. The van der Waals surface area contributed by atoms with Crippen molar-refractivity contribution in [3.63, 3.8) is 0 Å². The van der Waals surface area contributed by atoms with E-state index in [9.17, 15) is 4.79 Å². The van der Waals surface area contributed by atoms with Crippen LogP contribution in [0.5, 0.6) is 0 Å². The highest BCUT2D eigenvalue weighted by molar-refractivity contribution is 5.75. The van der Waals surface area contributed by atoms with Crippen LogP contribution in [0, 0.1) is 0 Å². The molecule has 1 fully saturated rings. The Balaban J connectivity index is 1.70. The Kier molecular flexibility index (Phi) is 7.49. The van der Waals surface area contributed by atoms with Gasteiger partial charge in [-0.25, -0.2) is 0 Å². The van der Waals surface area contributed by atoms with Gasteiger partial charge in [0.1, 0.15) is 0 Å². The molecule has 5 nitrogen and oxygen atoms in total. The molecule has 23 heavy (non-hydrogen) atoms. The monoisotopic (exact) mass is 318 g/mol. The Morgan fingerprint density at radius 3 is 3.00 bits per heavy atom. The van der Waals surface area contributed by atoms with Gasteiger partial charge in [-0.1, -0.05) is 6.07 Å². The van der Waals surface area contributed by atoms with Crippen molar-refractivity contribution in [3.05, 3.63) is 29.6 Å². The lowest BCUT2D eigenvalue weighted by Crippen LogP contribution is -2.24. The molecule has 0 radical (unpaired) electrons. The van der Waals surface area contributed by atoms with E-state index in [1.165, 1.54) is 30.5 Å². The van der Waals surface area contributed by atoms with Crippen LogP contribution in [0.2, 0.25) is 0 Å². The van der Waals surface area contributed by atoms with Crippen LogP contribution < -0.4 is 11.1 Å². The quantitative estimate of drug-likeness (QED) is 0.683. The second kappa shape index (κ2) is 9.63. The van der Waals surface area contributed by atoms with Crippen molar-refractivity contribution >= 4 is 5.91 Å². The van der Waals surface area contributed by atoms with E-state index in [1.807, 2.05) is 12.4 Å². The van der Waals surface area contributed by atoms with Crippen LogP contribution in [0.1, 0.15) is 55.7 Å². The first-order chi connectivity index (χ1) is 11.2. The van der Waals surface area contributed by atoms with E-state index < -0.39 is 0 Å². The normalized spacial score (nSPS) is 18.3. The van der Waals surface area contributed by atoms with Gasteiger partial charge in [-0.15, -0.1) is 0 Å². The SMILES string of the molecule is CN1CCC[C@H]1c1cncc(CCCNC(=O)CCCCN)c1. The Labute approximate surface area is 139 Å². The van der Waals surface area contributed by atoms with Gasteiger partial charge in [-0.2, -0.15) is 0 Å². The van der Waals surface area contributed by atoms with Crippen LogP contribution in [0.3, 0.4) is 0 Å². The molecule has 0 bridgehead atoms. The maximum absolute atomic E-state index is 11.6. The number of carbonyl (C=O) groups excluding carboxylic acids is 1. The zero-order valence-electron chi connectivity index (χ0n) is 14.3. The lowest BCUT2D eigenvalue weighted by Gasteiger charge is -2.19. The highest BCUT2D eigenvalue weighted by Crippen LogP contribution is 2.30. The number of nitrogens with zero attached hydrogens (tertiary/aromatic N) is 2. The molecule has 1 amide bonds. The number of nitrogens with one attached hydrogen (secondary N) is 1. The topological polar surface area (TPSA) is 71.2 Å². The molecule has 1 saturated heterocycles. The van der Waals surface area contributed by atoms with Crippen LogP contribution in [0.15, 0.2) is 18.5 Å². The Hall–Kier alpha value is -1.46. The average molecular weight is 318 g/mol. The average Bonchev–Trinajstić information content (AvgIpc) is 2.98. The summed E-state index contributed by atoms with van der Waals surface area (Å²) in [6, 6.07) is 2.80. The number of amides is 1. The van der Waals surface area contributed by atoms with Crippen molar-refractivity contribution in [1.29, 1.82) is 0 Å². The zero-order valence-corrected chi connectivity index (χ0v) is 14.3. The summed E-state index contributed by atoms with van der Waals surface area (Å²) in [6.07, 6.45) is 10.7. The molecular formula is C18H30N4O. The van der Waals surface area contributed by atoms with Crippen molar-refractivity contribution in [1.82, 2.24) is 15.2 Å². The Morgan fingerprint density at radius 2 is 2.26 bits per heavy atom. The lowest BCUT2D eigenvalue weighted by atomic mass is 10.0. The number of pyridine rings is 1. The van der Waals surface area contributed by atoms with Gasteiger partial charge in [-0.3, -0.25) is 14.7 Å². The van der Waals surface area contributed by atoms with Gasteiger partial charge < -0.3 is 11.1 Å². The molecule has 1 atom stereocenters. The molecule has 1 aliphatic rings. The second-order valence-electron chi connectivity index (χ2n) is 6.46. The molecule has 128 valence electrons. The van der Waals surface area contributed by atoms with Gasteiger partial charge >= 0.3 is 0 Å². The predicted molar refractivity (Wildman–Crippen MR) is 93.1 cm³/mol. The fraction of sp³-hybridized carbons (Fsp3) is 0.667. The van der Waals surface area contributed by atoms with Crippen LogP contribution >= 0.6 is 0 Å². The summed E-state index contributed by atoms with van der Waals surface area (Å²) in [5.74, 6) is 0.137.